The molecule has 1 aromatic rings. The molecule has 0 saturated carbocycles. The zero-order chi connectivity index (χ0) is 9.42. The number of nitrogens with one attached hydrogen (secondary N) is 1. The second-order valence-corrected chi connectivity index (χ2v) is 4.07. The van der Waals surface area contributed by atoms with Gasteiger partial charge in [0.25, 0.3) is 0 Å². The van der Waals surface area contributed by atoms with Crippen LogP contribution in [-0.4, -0.2) is 12.3 Å². The predicted octanol–water partition coefficient (Wildman–Crippen LogP) is 2.76. The van der Waals surface area contributed by atoms with Crippen molar-refractivity contribution in [3.63, 3.8) is 0 Å². The summed E-state index contributed by atoms with van der Waals surface area (Å²) in [6, 6.07) is 3.94. The number of hydrogen-bond donors (Lipinski definition) is 1. The molecule has 0 atom stereocenters. The van der Waals surface area contributed by atoms with Crippen LogP contribution in [-0.2, 0) is 0 Å². The fraction of sp³-hybridized carbons (Fsp3) is 0.300. The molecule has 68 valence electrons. The summed E-state index contributed by atoms with van der Waals surface area (Å²) in [5.74, 6) is 0.243. The molecular formula is C10H10BrNO. The topological polar surface area (TPSA) is 29.1 Å². The minimum atomic E-state index is 0.243. The molecule has 2 rings (SSSR count). The van der Waals surface area contributed by atoms with Crippen LogP contribution in [0.2, 0.25) is 0 Å². The molecule has 0 fully saturated rings. The van der Waals surface area contributed by atoms with Gasteiger partial charge in [0.1, 0.15) is 0 Å². The van der Waals surface area contributed by atoms with E-state index >= 15 is 0 Å². The van der Waals surface area contributed by atoms with E-state index in [-0.39, 0.29) is 5.78 Å². The van der Waals surface area contributed by atoms with Gasteiger partial charge in [0.05, 0.1) is 5.69 Å². The highest BCUT2D eigenvalue weighted by Gasteiger charge is 2.20. The van der Waals surface area contributed by atoms with Crippen LogP contribution in [0.4, 0.5) is 5.69 Å². The van der Waals surface area contributed by atoms with E-state index in [1.54, 1.807) is 0 Å². The number of benzene rings is 1. The van der Waals surface area contributed by atoms with Crippen molar-refractivity contribution in [3.05, 3.63) is 27.7 Å². The molecule has 13 heavy (non-hydrogen) atoms. The minimum absolute atomic E-state index is 0.243. The minimum Gasteiger partial charge on any atom is -0.383 e. The fourth-order valence-electron chi connectivity index (χ4n) is 1.64. The molecule has 2 nitrogen and oxygen atoms in total. The Morgan fingerprint density at radius 2 is 2.23 bits per heavy atom. The molecule has 0 aromatic heterocycles. The van der Waals surface area contributed by atoms with Gasteiger partial charge in [-0.2, -0.15) is 0 Å². The summed E-state index contributed by atoms with van der Waals surface area (Å²) in [6.07, 6.45) is 0.601. The Hall–Kier alpha value is -0.830. The van der Waals surface area contributed by atoms with Gasteiger partial charge in [0.15, 0.2) is 5.78 Å². The van der Waals surface area contributed by atoms with E-state index < -0.39 is 0 Å². The van der Waals surface area contributed by atoms with Gasteiger partial charge in [-0.3, -0.25) is 4.79 Å². The number of aryl methyl sites for hydroxylation is 1. The summed E-state index contributed by atoms with van der Waals surface area (Å²) >= 11 is 3.43. The Kier molecular flexibility index (Phi) is 2.12. The van der Waals surface area contributed by atoms with Crippen molar-refractivity contribution in [1.82, 2.24) is 0 Å². The normalized spacial score (nSPS) is 15.1. The molecule has 0 unspecified atom stereocenters. The fourth-order valence-corrected chi connectivity index (χ4v) is 2.11. The number of Topliss-reactive ketones (excluding diaryl/α,β-unsaturated/α-hetero) is 1. The molecular weight excluding hydrogens is 230 g/mol. The lowest BCUT2D eigenvalue weighted by molar-refractivity contribution is 0.0983. The standard InChI is InChI=1S/C10H10BrNO/c1-6-2-3-7(11)10-9(6)8(13)4-5-12-10/h2-3,12H,4-5H2,1H3. The molecule has 3 heteroatoms. The average molecular weight is 240 g/mol. The van der Waals surface area contributed by atoms with Crippen LogP contribution in [0, 0.1) is 6.92 Å². The number of fused-ring (bicyclic) bond motifs is 1. The smallest absolute Gasteiger partial charge is 0.167 e. The van der Waals surface area contributed by atoms with Crippen molar-refractivity contribution in [2.75, 3.05) is 11.9 Å². The van der Waals surface area contributed by atoms with Gasteiger partial charge in [0, 0.05) is 23.0 Å². The lowest BCUT2D eigenvalue weighted by Gasteiger charge is -2.19. The highest BCUT2D eigenvalue weighted by atomic mass is 79.9. The van der Waals surface area contributed by atoms with Crippen LogP contribution in [0.1, 0.15) is 22.3 Å². The van der Waals surface area contributed by atoms with E-state index in [1.165, 1.54) is 0 Å². The number of carbonyl (C=O) groups excluding carboxylic acids is 1. The van der Waals surface area contributed by atoms with Crippen molar-refractivity contribution in [2.45, 2.75) is 13.3 Å². The van der Waals surface area contributed by atoms with Crippen molar-refractivity contribution < 1.29 is 4.79 Å². The second kappa shape index (κ2) is 3.14. The summed E-state index contributed by atoms with van der Waals surface area (Å²) in [4.78, 5) is 11.6. The molecule has 0 aliphatic carbocycles. The molecule has 0 radical (unpaired) electrons. The Bertz CT molecular complexity index is 373. The second-order valence-electron chi connectivity index (χ2n) is 3.21. The van der Waals surface area contributed by atoms with Gasteiger partial charge < -0.3 is 5.32 Å². The van der Waals surface area contributed by atoms with E-state index in [1.807, 2.05) is 19.1 Å². The number of carbonyl (C=O) groups is 1. The lowest BCUT2D eigenvalue weighted by atomic mass is 9.97. The SMILES string of the molecule is Cc1ccc(Br)c2c1C(=O)CCN2. The predicted molar refractivity (Wildman–Crippen MR) is 56.3 cm³/mol. The number of ketones is 1. The van der Waals surface area contributed by atoms with E-state index in [2.05, 4.69) is 21.2 Å². The van der Waals surface area contributed by atoms with Gasteiger partial charge in [0.2, 0.25) is 0 Å². The van der Waals surface area contributed by atoms with Gasteiger partial charge in [-0.15, -0.1) is 0 Å². The van der Waals surface area contributed by atoms with Crippen LogP contribution in [0.15, 0.2) is 16.6 Å². The van der Waals surface area contributed by atoms with E-state index in [0.717, 1.165) is 27.8 Å². The Morgan fingerprint density at radius 1 is 1.46 bits per heavy atom. The summed E-state index contributed by atoms with van der Waals surface area (Å²) in [5.41, 5.74) is 2.85. The molecule has 0 bridgehead atoms. The highest BCUT2D eigenvalue weighted by Crippen LogP contribution is 2.32. The number of hydrogen-bond acceptors (Lipinski definition) is 2. The Balaban J connectivity index is 2.67. The first kappa shape index (κ1) is 8.75. The van der Waals surface area contributed by atoms with Gasteiger partial charge in [-0.1, -0.05) is 6.07 Å². The summed E-state index contributed by atoms with van der Waals surface area (Å²) in [6.45, 7) is 2.71. The van der Waals surface area contributed by atoms with Crippen LogP contribution in [0.5, 0.6) is 0 Å². The van der Waals surface area contributed by atoms with Crippen LogP contribution in [0.3, 0.4) is 0 Å². The maximum atomic E-state index is 11.6. The zero-order valence-electron chi connectivity index (χ0n) is 7.36. The molecule has 1 N–H and O–H groups in total. The van der Waals surface area contributed by atoms with Crippen LogP contribution >= 0.6 is 15.9 Å². The Labute approximate surface area is 85.5 Å². The van der Waals surface area contributed by atoms with Crippen LogP contribution in [0.25, 0.3) is 0 Å². The first-order valence-corrected chi connectivity index (χ1v) is 5.05. The quantitative estimate of drug-likeness (QED) is 0.755. The third-order valence-corrected chi connectivity index (χ3v) is 2.96. The van der Waals surface area contributed by atoms with Gasteiger partial charge in [-0.25, -0.2) is 0 Å². The van der Waals surface area contributed by atoms with E-state index in [4.69, 9.17) is 0 Å². The monoisotopic (exact) mass is 239 g/mol. The summed E-state index contributed by atoms with van der Waals surface area (Å²) in [5, 5.41) is 3.23. The summed E-state index contributed by atoms with van der Waals surface area (Å²) in [7, 11) is 0. The molecule has 0 spiro atoms. The number of halogens is 1. The highest BCUT2D eigenvalue weighted by molar-refractivity contribution is 9.10. The molecule has 1 aliphatic heterocycles. The van der Waals surface area contributed by atoms with E-state index in [9.17, 15) is 4.79 Å². The molecule has 1 aliphatic rings. The molecule has 1 aromatic carbocycles. The number of rotatable bonds is 0. The molecule has 1 heterocycles. The lowest BCUT2D eigenvalue weighted by Crippen LogP contribution is -2.19. The van der Waals surface area contributed by atoms with Gasteiger partial charge in [-0.05, 0) is 34.5 Å². The van der Waals surface area contributed by atoms with Crippen molar-refractivity contribution in [2.24, 2.45) is 0 Å². The largest absolute Gasteiger partial charge is 0.383 e. The molecule has 0 amide bonds. The first-order chi connectivity index (χ1) is 6.20. The van der Waals surface area contributed by atoms with Crippen LogP contribution < -0.4 is 5.32 Å². The zero-order valence-corrected chi connectivity index (χ0v) is 8.94. The summed E-state index contributed by atoms with van der Waals surface area (Å²) < 4.78 is 0.973. The molecule has 0 saturated heterocycles. The number of anilines is 1. The van der Waals surface area contributed by atoms with E-state index in [0.29, 0.717) is 6.42 Å². The third kappa shape index (κ3) is 1.37. The van der Waals surface area contributed by atoms with Gasteiger partial charge >= 0.3 is 0 Å². The first-order valence-electron chi connectivity index (χ1n) is 4.26. The Morgan fingerprint density at radius 3 is 2.92 bits per heavy atom. The maximum absolute atomic E-state index is 11.6. The maximum Gasteiger partial charge on any atom is 0.167 e. The average Bonchev–Trinajstić information content (AvgIpc) is 2.12. The van der Waals surface area contributed by atoms with Crippen molar-refractivity contribution in [1.29, 1.82) is 0 Å². The third-order valence-electron chi connectivity index (χ3n) is 2.30. The van der Waals surface area contributed by atoms with Crippen molar-refractivity contribution >= 4 is 27.4 Å². The van der Waals surface area contributed by atoms with Crippen molar-refractivity contribution in [3.8, 4) is 0 Å².